The number of likely N-dealkylation sites (tertiary alicyclic amines) is 1. The first-order valence-corrected chi connectivity index (χ1v) is 13.1. The van der Waals surface area contributed by atoms with E-state index in [9.17, 15) is 26.3 Å². The smallest absolute Gasteiger partial charge is 0.416 e. The van der Waals surface area contributed by atoms with E-state index in [1.54, 1.807) is 6.07 Å². The zero-order valence-corrected chi connectivity index (χ0v) is 21.4. The molecule has 0 aromatic heterocycles. The second-order valence-corrected chi connectivity index (χ2v) is 10.8. The minimum atomic E-state index is -4.88. The summed E-state index contributed by atoms with van der Waals surface area (Å²) in [6.07, 6.45) is -1.49. The Labute approximate surface area is 215 Å². The zero-order chi connectivity index (χ0) is 26.8. The lowest BCUT2D eigenvalue weighted by atomic mass is 9.74. The number of hydrogen-bond acceptors (Lipinski definition) is 2. The Kier molecular flexibility index (Phi) is 8.17. The zero-order valence-electron chi connectivity index (χ0n) is 21.4. The molecule has 2 fully saturated rings. The number of nitrogens with zero attached hydrogens (tertiary/aromatic N) is 1. The van der Waals surface area contributed by atoms with Crippen LogP contribution in [-0.2, 0) is 24.3 Å². The molecule has 4 rings (SSSR count). The molecule has 1 atom stereocenters. The van der Waals surface area contributed by atoms with Crippen molar-refractivity contribution in [3.05, 3.63) is 64.7 Å². The maximum absolute atomic E-state index is 13.6. The number of hydrogen-bond donors (Lipinski definition) is 0. The Bertz CT molecular complexity index is 1020. The van der Waals surface area contributed by atoms with Gasteiger partial charge in [-0.1, -0.05) is 50.3 Å². The molecule has 0 amide bonds. The van der Waals surface area contributed by atoms with Crippen LogP contribution in [0.2, 0.25) is 0 Å². The summed E-state index contributed by atoms with van der Waals surface area (Å²) in [5, 5.41) is 0. The highest BCUT2D eigenvalue weighted by atomic mass is 19.4. The van der Waals surface area contributed by atoms with Crippen molar-refractivity contribution in [2.75, 3.05) is 20.2 Å². The van der Waals surface area contributed by atoms with Gasteiger partial charge in [-0.3, -0.25) is 4.90 Å². The van der Waals surface area contributed by atoms with Crippen LogP contribution in [0.1, 0.15) is 74.1 Å². The maximum atomic E-state index is 13.6. The van der Waals surface area contributed by atoms with Crippen molar-refractivity contribution in [2.45, 2.75) is 76.2 Å². The van der Waals surface area contributed by atoms with Gasteiger partial charge >= 0.3 is 12.4 Å². The number of methoxy groups -OCH3 is 1. The summed E-state index contributed by atoms with van der Waals surface area (Å²) >= 11 is 0. The van der Waals surface area contributed by atoms with E-state index in [2.05, 4.69) is 4.90 Å². The quantitative estimate of drug-likeness (QED) is 0.349. The highest BCUT2D eigenvalue weighted by molar-refractivity contribution is 5.42. The minimum absolute atomic E-state index is 0.00459. The molecule has 1 saturated heterocycles. The van der Waals surface area contributed by atoms with Gasteiger partial charge in [-0.25, -0.2) is 0 Å². The number of piperidine rings is 1. The normalized spacial score (nSPS) is 20.5. The van der Waals surface area contributed by atoms with E-state index in [-0.39, 0.29) is 18.1 Å². The Morgan fingerprint density at radius 2 is 1.32 bits per heavy atom. The molecular formula is C29H35F6NO. The third kappa shape index (κ3) is 6.27. The molecule has 2 aromatic carbocycles. The van der Waals surface area contributed by atoms with Crippen LogP contribution in [0.15, 0.2) is 42.5 Å². The van der Waals surface area contributed by atoms with Gasteiger partial charge in [-0.05, 0) is 80.9 Å². The Balaban J connectivity index is 1.70. The molecule has 1 aliphatic carbocycles. The van der Waals surface area contributed by atoms with Crippen LogP contribution < -0.4 is 4.74 Å². The largest absolute Gasteiger partial charge is 0.496 e. The Morgan fingerprint density at radius 1 is 0.784 bits per heavy atom. The monoisotopic (exact) mass is 527 g/mol. The van der Waals surface area contributed by atoms with Crippen LogP contribution in [-0.4, -0.2) is 25.1 Å². The van der Waals surface area contributed by atoms with Crippen LogP contribution in [0.3, 0.4) is 0 Å². The molecule has 1 heterocycles. The van der Waals surface area contributed by atoms with Crippen LogP contribution >= 0.6 is 0 Å². The van der Waals surface area contributed by atoms with E-state index in [0.717, 1.165) is 43.6 Å². The fourth-order valence-electron chi connectivity index (χ4n) is 6.46. The highest BCUT2D eigenvalue weighted by Gasteiger charge is 2.42. The van der Waals surface area contributed by atoms with Gasteiger partial charge < -0.3 is 4.74 Å². The molecule has 1 aliphatic heterocycles. The Hall–Kier alpha value is -2.22. The second kappa shape index (κ2) is 10.9. The summed E-state index contributed by atoms with van der Waals surface area (Å²) in [6.45, 7) is 3.39. The lowest BCUT2D eigenvalue weighted by molar-refractivity contribution is -0.143. The molecule has 2 aromatic rings. The molecule has 0 bridgehead atoms. The molecule has 1 unspecified atom stereocenters. The minimum Gasteiger partial charge on any atom is -0.496 e. The van der Waals surface area contributed by atoms with Crippen molar-refractivity contribution in [3.8, 4) is 5.75 Å². The summed E-state index contributed by atoms with van der Waals surface area (Å²) in [7, 11) is 1.53. The van der Waals surface area contributed by atoms with Crippen molar-refractivity contribution < 1.29 is 31.1 Å². The van der Waals surface area contributed by atoms with E-state index >= 15 is 0 Å². The maximum Gasteiger partial charge on any atom is 0.416 e. The first-order chi connectivity index (χ1) is 17.4. The van der Waals surface area contributed by atoms with E-state index in [0.29, 0.717) is 17.6 Å². The van der Waals surface area contributed by atoms with Gasteiger partial charge in [0.2, 0.25) is 0 Å². The molecule has 1 saturated carbocycles. The van der Waals surface area contributed by atoms with Crippen molar-refractivity contribution in [1.29, 1.82) is 0 Å². The van der Waals surface area contributed by atoms with Crippen LogP contribution in [0.5, 0.6) is 5.75 Å². The van der Waals surface area contributed by atoms with Crippen molar-refractivity contribution in [2.24, 2.45) is 11.8 Å². The average molecular weight is 528 g/mol. The van der Waals surface area contributed by atoms with Crippen molar-refractivity contribution >= 4 is 0 Å². The van der Waals surface area contributed by atoms with Gasteiger partial charge in [0.25, 0.3) is 0 Å². The highest BCUT2D eigenvalue weighted by Crippen LogP contribution is 2.44. The fraction of sp³-hybridized carbons (Fsp3) is 0.586. The number of ether oxygens (including phenoxy) is 1. The molecule has 0 radical (unpaired) electrons. The number of halogens is 6. The van der Waals surface area contributed by atoms with Gasteiger partial charge in [0, 0.05) is 5.56 Å². The molecule has 0 spiro atoms. The van der Waals surface area contributed by atoms with Crippen molar-refractivity contribution in [3.63, 3.8) is 0 Å². The SMILES string of the molecule is COc1ccccc1C(C)(Cc1cc(C(F)(F)F)cc(C(F)(F)F)c1)N1CCC(C2CCCCC2)CC1. The van der Waals surface area contributed by atoms with Gasteiger partial charge in [-0.2, -0.15) is 26.3 Å². The number of para-hydroxylation sites is 1. The molecule has 2 aliphatic rings. The van der Waals surface area contributed by atoms with Crippen LogP contribution in [0, 0.1) is 11.8 Å². The van der Waals surface area contributed by atoms with Crippen LogP contribution in [0.4, 0.5) is 26.3 Å². The van der Waals surface area contributed by atoms with E-state index in [1.807, 2.05) is 25.1 Å². The summed E-state index contributed by atoms with van der Waals surface area (Å²) in [6, 6.07) is 9.21. The first-order valence-electron chi connectivity index (χ1n) is 13.1. The lowest BCUT2D eigenvalue weighted by Gasteiger charge is -2.47. The topological polar surface area (TPSA) is 12.5 Å². The summed E-state index contributed by atoms with van der Waals surface area (Å²) in [5.74, 6) is 1.90. The summed E-state index contributed by atoms with van der Waals surface area (Å²) < 4.78 is 87.1. The van der Waals surface area contributed by atoms with E-state index in [4.69, 9.17) is 4.74 Å². The molecule has 2 nitrogen and oxygen atoms in total. The van der Waals surface area contributed by atoms with Gasteiger partial charge in [0.1, 0.15) is 5.75 Å². The number of benzene rings is 2. The molecular weight excluding hydrogens is 492 g/mol. The van der Waals surface area contributed by atoms with Gasteiger partial charge in [0.05, 0.1) is 23.8 Å². The molecule has 37 heavy (non-hydrogen) atoms. The van der Waals surface area contributed by atoms with E-state index in [1.165, 1.54) is 39.2 Å². The lowest BCUT2D eigenvalue weighted by Crippen LogP contribution is -2.50. The summed E-state index contributed by atoms with van der Waals surface area (Å²) in [4.78, 5) is 2.23. The van der Waals surface area contributed by atoms with Crippen LogP contribution in [0.25, 0.3) is 0 Å². The molecule has 8 heteroatoms. The predicted molar refractivity (Wildman–Crippen MR) is 131 cm³/mol. The molecule has 0 N–H and O–H groups in total. The molecule has 204 valence electrons. The van der Waals surface area contributed by atoms with Gasteiger partial charge in [0.15, 0.2) is 0 Å². The third-order valence-electron chi connectivity index (χ3n) is 8.44. The fourth-order valence-corrected chi connectivity index (χ4v) is 6.46. The van der Waals surface area contributed by atoms with Gasteiger partial charge in [-0.15, -0.1) is 0 Å². The predicted octanol–water partition coefficient (Wildman–Crippen LogP) is 8.48. The third-order valence-corrected chi connectivity index (χ3v) is 8.44. The first kappa shape index (κ1) is 27.8. The van der Waals surface area contributed by atoms with E-state index < -0.39 is 29.0 Å². The number of alkyl halides is 6. The second-order valence-electron chi connectivity index (χ2n) is 10.8. The standard InChI is InChI=1S/C29H35F6NO/c1-27(25-10-6-7-11-26(25)37-2,36-14-12-22(13-15-36)21-8-4-3-5-9-21)19-20-16-23(28(30,31)32)18-24(17-20)29(33,34)35/h6-7,10-11,16-18,21-22H,3-5,8-9,12-15,19H2,1-2H3. The summed E-state index contributed by atoms with van der Waals surface area (Å²) in [5.41, 5.74) is -2.65. The number of rotatable bonds is 6. The average Bonchev–Trinajstić information content (AvgIpc) is 2.88. The van der Waals surface area contributed by atoms with Crippen molar-refractivity contribution in [1.82, 2.24) is 4.90 Å². The Morgan fingerprint density at radius 3 is 1.86 bits per heavy atom.